The molecule has 1 amide bonds. The molecule has 0 radical (unpaired) electrons. The summed E-state index contributed by atoms with van der Waals surface area (Å²) in [6, 6.07) is 5.54. The zero-order valence-electron chi connectivity index (χ0n) is 13.8. The second kappa shape index (κ2) is 6.59. The van der Waals surface area contributed by atoms with Gasteiger partial charge in [-0.05, 0) is 25.0 Å². The van der Waals surface area contributed by atoms with Crippen LogP contribution in [0.15, 0.2) is 29.4 Å². The summed E-state index contributed by atoms with van der Waals surface area (Å²) in [6.07, 6.45) is 3.31. The Morgan fingerprint density at radius 3 is 2.38 bits per heavy atom. The van der Waals surface area contributed by atoms with Gasteiger partial charge in [0.1, 0.15) is 5.69 Å². The molecule has 1 aromatic heterocycles. The number of aliphatic carboxylic acids is 1. The second-order valence-corrected chi connectivity index (χ2v) is 6.21. The maximum Gasteiger partial charge on any atom is 0.331 e. The molecule has 1 N–H and O–H groups in total. The molecule has 0 aromatic carbocycles. The van der Waals surface area contributed by atoms with E-state index in [1.54, 1.807) is 6.20 Å². The van der Waals surface area contributed by atoms with Gasteiger partial charge in [-0.2, -0.15) is 0 Å². The third-order valence-electron chi connectivity index (χ3n) is 4.57. The van der Waals surface area contributed by atoms with Gasteiger partial charge < -0.3 is 14.9 Å². The summed E-state index contributed by atoms with van der Waals surface area (Å²) in [7, 11) is 0. The highest BCUT2D eigenvalue weighted by Crippen LogP contribution is 2.40. The normalized spacial score (nSPS) is 20.0. The number of carboxylic acids is 1. The largest absolute Gasteiger partial charge is 0.479 e. The van der Waals surface area contributed by atoms with Gasteiger partial charge in [-0.15, -0.1) is 0 Å². The molecule has 2 heterocycles. The predicted molar refractivity (Wildman–Crippen MR) is 88.8 cm³/mol. The molecule has 1 aromatic rings. The summed E-state index contributed by atoms with van der Waals surface area (Å²) >= 11 is 0. The van der Waals surface area contributed by atoms with Crippen LogP contribution in [0.3, 0.4) is 0 Å². The number of hydrogen-bond donors (Lipinski definition) is 1. The lowest BCUT2D eigenvalue weighted by atomic mass is 10.2. The van der Waals surface area contributed by atoms with Crippen molar-refractivity contribution in [2.75, 3.05) is 26.2 Å². The molecule has 0 spiro atoms. The molecule has 0 atom stereocenters. The molecule has 7 heteroatoms. The van der Waals surface area contributed by atoms with Crippen LogP contribution in [0.2, 0.25) is 0 Å². The van der Waals surface area contributed by atoms with E-state index < -0.39 is 11.5 Å². The minimum atomic E-state index is -0.997. The van der Waals surface area contributed by atoms with Crippen molar-refractivity contribution < 1.29 is 14.7 Å². The van der Waals surface area contributed by atoms with E-state index in [1.807, 2.05) is 34.9 Å². The molecule has 1 saturated heterocycles. The molecule has 7 nitrogen and oxygen atoms in total. The first kappa shape index (κ1) is 16.4. The van der Waals surface area contributed by atoms with Crippen molar-refractivity contribution in [2.45, 2.75) is 31.7 Å². The molecule has 0 bridgehead atoms. The van der Waals surface area contributed by atoms with E-state index >= 15 is 0 Å². The van der Waals surface area contributed by atoms with Crippen LogP contribution in [-0.4, -0.2) is 69.3 Å². The van der Waals surface area contributed by atoms with Gasteiger partial charge in [-0.1, -0.05) is 13.0 Å². The van der Waals surface area contributed by atoms with Gasteiger partial charge in [0.05, 0.1) is 0 Å². The van der Waals surface area contributed by atoms with Crippen molar-refractivity contribution in [3.05, 3.63) is 30.1 Å². The van der Waals surface area contributed by atoms with E-state index in [9.17, 15) is 14.7 Å². The molecular weight excluding hydrogens is 308 g/mol. The van der Waals surface area contributed by atoms with E-state index in [-0.39, 0.29) is 5.91 Å². The Labute approximate surface area is 141 Å². The minimum Gasteiger partial charge on any atom is -0.479 e. The Hall–Kier alpha value is -2.44. The monoisotopic (exact) mass is 330 g/mol. The van der Waals surface area contributed by atoms with Gasteiger partial charge in [-0.25, -0.2) is 9.79 Å². The van der Waals surface area contributed by atoms with Gasteiger partial charge in [0.25, 0.3) is 0 Å². The Morgan fingerprint density at radius 1 is 1.21 bits per heavy atom. The van der Waals surface area contributed by atoms with E-state index in [0.29, 0.717) is 57.0 Å². The number of rotatable bonds is 4. The number of carbonyl (C=O) groups is 2. The number of nitrogens with zero attached hydrogens (tertiary/aromatic N) is 4. The number of carbonyl (C=O) groups excluding carboxylic acids is 1. The number of carboxylic acid groups (broad SMARTS) is 1. The maximum absolute atomic E-state index is 11.8. The smallest absolute Gasteiger partial charge is 0.331 e. The van der Waals surface area contributed by atoms with Crippen LogP contribution >= 0.6 is 0 Å². The summed E-state index contributed by atoms with van der Waals surface area (Å²) in [5, 5.41) is 9.45. The summed E-state index contributed by atoms with van der Waals surface area (Å²) < 4.78 is 0. The Kier molecular flexibility index (Phi) is 4.51. The minimum absolute atomic E-state index is 0.148. The molecule has 128 valence electrons. The lowest BCUT2D eigenvalue weighted by Crippen LogP contribution is -2.51. The van der Waals surface area contributed by atoms with Crippen molar-refractivity contribution in [3.63, 3.8) is 0 Å². The van der Waals surface area contributed by atoms with E-state index in [2.05, 4.69) is 9.98 Å². The van der Waals surface area contributed by atoms with Gasteiger partial charge in [0.2, 0.25) is 5.91 Å². The number of pyridine rings is 1. The number of hydrogen-bond acceptors (Lipinski definition) is 4. The fraction of sp³-hybridized carbons (Fsp3) is 0.529. The van der Waals surface area contributed by atoms with Crippen LogP contribution in [0.5, 0.6) is 0 Å². The van der Waals surface area contributed by atoms with Gasteiger partial charge >= 0.3 is 5.97 Å². The van der Waals surface area contributed by atoms with Crippen LogP contribution in [0.1, 0.15) is 31.9 Å². The fourth-order valence-electron chi connectivity index (χ4n) is 2.87. The lowest BCUT2D eigenvalue weighted by Gasteiger charge is -2.36. The number of aliphatic imine (C=N–C) groups is 1. The van der Waals surface area contributed by atoms with E-state index in [0.717, 1.165) is 0 Å². The maximum atomic E-state index is 11.8. The van der Waals surface area contributed by atoms with Crippen molar-refractivity contribution in [1.29, 1.82) is 0 Å². The SMILES string of the molecule is CCC(=O)N1CCN(/C(=N/C2(C(=O)O)CC2)c2ccccn2)CC1. The van der Waals surface area contributed by atoms with Gasteiger partial charge in [0.15, 0.2) is 11.4 Å². The van der Waals surface area contributed by atoms with Crippen molar-refractivity contribution >= 4 is 17.7 Å². The van der Waals surface area contributed by atoms with Crippen LogP contribution in [0.25, 0.3) is 0 Å². The third-order valence-corrected chi connectivity index (χ3v) is 4.57. The topological polar surface area (TPSA) is 86.1 Å². The van der Waals surface area contributed by atoms with E-state index in [4.69, 9.17) is 0 Å². The molecule has 1 aliphatic carbocycles. The molecular formula is C17H22N4O3. The van der Waals surface area contributed by atoms with Gasteiger partial charge in [0, 0.05) is 38.8 Å². The van der Waals surface area contributed by atoms with Gasteiger partial charge in [-0.3, -0.25) is 9.78 Å². The van der Waals surface area contributed by atoms with Crippen LogP contribution < -0.4 is 0 Å². The third kappa shape index (κ3) is 3.25. The average molecular weight is 330 g/mol. The molecule has 2 aliphatic rings. The number of amidine groups is 1. The molecule has 24 heavy (non-hydrogen) atoms. The highest BCUT2D eigenvalue weighted by atomic mass is 16.4. The first-order valence-electron chi connectivity index (χ1n) is 8.33. The summed E-state index contributed by atoms with van der Waals surface area (Å²) in [5.41, 5.74) is -0.316. The molecule has 2 fully saturated rings. The molecule has 1 saturated carbocycles. The quantitative estimate of drug-likeness (QED) is 0.657. The zero-order chi connectivity index (χ0) is 17.2. The van der Waals surface area contributed by atoms with Crippen molar-refractivity contribution in [1.82, 2.24) is 14.8 Å². The second-order valence-electron chi connectivity index (χ2n) is 6.21. The predicted octanol–water partition coefficient (Wildman–Crippen LogP) is 1.000. The lowest BCUT2D eigenvalue weighted by molar-refractivity contribution is -0.139. The van der Waals surface area contributed by atoms with E-state index in [1.165, 1.54) is 0 Å². The average Bonchev–Trinajstić information content (AvgIpc) is 3.41. The number of amides is 1. The highest BCUT2D eigenvalue weighted by molar-refractivity contribution is 6.00. The van der Waals surface area contributed by atoms with Crippen LogP contribution in [0, 0.1) is 0 Å². The molecule has 3 rings (SSSR count). The first-order valence-corrected chi connectivity index (χ1v) is 8.33. The Morgan fingerprint density at radius 2 is 1.88 bits per heavy atom. The number of piperazine rings is 1. The summed E-state index contributed by atoms with van der Waals surface area (Å²) in [5.74, 6) is -0.106. The van der Waals surface area contributed by atoms with Crippen molar-refractivity contribution in [2.24, 2.45) is 4.99 Å². The summed E-state index contributed by atoms with van der Waals surface area (Å²) in [4.78, 5) is 36.2. The fourth-order valence-corrected chi connectivity index (χ4v) is 2.87. The highest BCUT2D eigenvalue weighted by Gasteiger charge is 2.51. The molecule has 1 aliphatic heterocycles. The zero-order valence-corrected chi connectivity index (χ0v) is 13.8. The standard InChI is InChI=1S/C17H22N4O3/c1-2-14(22)20-9-11-21(12-10-20)15(13-5-3-4-8-18-13)19-17(6-7-17)16(23)24/h3-5,8H,2,6-7,9-12H2,1H3,(H,23,24)/b19-15+. The first-order chi connectivity index (χ1) is 11.6. The number of aromatic nitrogens is 1. The summed E-state index contributed by atoms with van der Waals surface area (Å²) in [6.45, 7) is 4.38. The van der Waals surface area contributed by atoms with Crippen molar-refractivity contribution in [3.8, 4) is 0 Å². The molecule has 0 unspecified atom stereocenters. The van der Waals surface area contributed by atoms with Crippen LogP contribution in [-0.2, 0) is 9.59 Å². The Bertz CT molecular complexity index is 647. The van der Waals surface area contributed by atoms with Crippen LogP contribution in [0.4, 0.5) is 0 Å². The Balaban J connectivity index is 1.83.